The lowest BCUT2D eigenvalue weighted by Gasteiger charge is -2.30. The highest BCUT2D eigenvalue weighted by Crippen LogP contribution is 2.36. The predicted molar refractivity (Wildman–Crippen MR) is 124 cm³/mol. The Balaban J connectivity index is 1.61. The molecule has 15 heteroatoms. The third-order valence-electron chi connectivity index (χ3n) is 5.27. The third-order valence-corrected chi connectivity index (χ3v) is 6.65. The molecule has 0 unspecified atom stereocenters. The van der Waals surface area contributed by atoms with Crippen LogP contribution in [0.15, 0.2) is 42.6 Å². The van der Waals surface area contributed by atoms with E-state index in [9.17, 15) is 17.6 Å². The van der Waals surface area contributed by atoms with E-state index < -0.39 is 16.3 Å². The summed E-state index contributed by atoms with van der Waals surface area (Å²) in [7, 11) is -4.45. The number of halogens is 1. The second-order valence-electron chi connectivity index (χ2n) is 7.51. The summed E-state index contributed by atoms with van der Waals surface area (Å²) >= 11 is 0. The Labute approximate surface area is 197 Å². The average Bonchev–Trinajstić information content (AvgIpc) is 3.18. The van der Waals surface area contributed by atoms with Gasteiger partial charge in [0.2, 0.25) is 0 Å². The smallest absolute Gasteiger partial charge is 0.419 e. The van der Waals surface area contributed by atoms with Gasteiger partial charge in [0, 0.05) is 18.3 Å². The second kappa shape index (κ2) is 8.35. The minimum atomic E-state index is -4.45. The van der Waals surface area contributed by atoms with Gasteiger partial charge in [-0.25, -0.2) is 37.8 Å². The molecule has 4 heterocycles. The van der Waals surface area contributed by atoms with Gasteiger partial charge >= 0.3 is 16.3 Å². The van der Waals surface area contributed by atoms with E-state index in [-0.39, 0.29) is 48.6 Å². The Morgan fingerprint density at radius 3 is 2.80 bits per heavy atom. The number of nitrogen functional groups attached to an aromatic ring is 1. The number of anilines is 3. The van der Waals surface area contributed by atoms with Crippen LogP contribution in [0.2, 0.25) is 0 Å². The van der Waals surface area contributed by atoms with Gasteiger partial charge in [0.05, 0.1) is 18.5 Å². The molecule has 13 nitrogen and oxygen atoms in total. The van der Waals surface area contributed by atoms with Crippen molar-refractivity contribution in [2.75, 3.05) is 28.4 Å². The number of carbonyl (C=O) groups is 1. The number of aromatic nitrogens is 5. The lowest BCUT2D eigenvalue weighted by atomic mass is 10.2. The van der Waals surface area contributed by atoms with E-state index in [1.165, 1.54) is 15.5 Å². The van der Waals surface area contributed by atoms with Crippen LogP contribution < -0.4 is 20.1 Å². The van der Waals surface area contributed by atoms with Crippen LogP contribution in [0.25, 0.3) is 22.6 Å². The number of nitrogens with two attached hydrogens (primary N) is 1. The largest absolute Gasteiger partial charge is 0.464 e. The topological polar surface area (TPSA) is 181 Å². The van der Waals surface area contributed by atoms with Gasteiger partial charge < -0.3 is 16.2 Å². The van der Waals surface area contributed by atoms with E-state index in [0.29, 0.717) is 22.3 Å². The fourth-order valence-electron chi connectivity index (χ4n) is 3.81. The fourth-order valence-corrected chi connectivity index (χ4v) is 4.90. The zero-order valence-electron chi connectivity index (χ0n) is 17.9. The first-order valence-electron chi connectivity index (χ1n) is 10.2. The first kappa shape index (κ1) is 22.3. The molecule has 1 amide bonds. The zero-order valence-corrected chi connectivity index (χ0v) is 18.7. The van der Waals surface area contributed by atoms with Crippen LogP contribution in [0, 0.1) is 5.82 Å². The molecule has 0 saturated carbocycles. The summed E-state index contributed by atoms with van der Waals surface area (Å²) in [4.78, 5) is 24.0. The van der Waals surface area contributed by atoms with Gasteiger partial charge in [0.1, 0.15) is 17.2 Å². The van der Waals surface area contributed by atoms with Gasteiger partial charge in [-0.3, -0.25) is 0 Å². The van der Waals surface area contributed by atoms with Crippen LogP contribution in [-0.4, -0.2) is 57.4 Å². The Kier molecular flexibility index (Phi) is 5.32. The summed E-state index contributed by atoms with van der Waals surface area (Å²) in [5.41, 5.74) is 7.22. The molecule has 180 valence electrons. The number of nitrogens with zero attached hydrogens (tertiary/aromatic N) is 6. The quantitative estimate of drug-likeness (QED) is 0.313. The number of amides is 1. The summed E-state index contributed by atoms with van der Waals surface area (Å²) in [6, 6.07) is 9.76. The van der Waals surface area contributed by atoms with Crippen LogP contribution in [0.3, 0.4) is 0 Å². The van der Waals surface area contributed by atoms with Crippen molar-refractivity contribution in [3.63, 3.8) is 0 Å². The standard InChI is InChI=1S/C20H18FN9O4S/c21-13-6-2-1-4-11(13)10-29-19-12(5-3-7-24-19)14(27-29)17-25-16(22)15-18(26-17)23-8-9-30(15)35(33,34)28-20(31)32/h1-7,28H,8-10H2,(H,31,32)(H3,22,23,25,26). The number of hydrogen-bond acceptors (Lipinski definition) is 9. The zero-order chi connectivity index (χ0) is 24.7. The maximum Gasteiger partial charge on any atom is 0.419 e. The van der Waals surface area contributed by atoms with Crippen LogP contribution >= 0.6 is 0 Å². The first-order chi connectivity index (χ1) is 16.7. The summed E-state index contributed by atoms with van der Waals surface area (Å²) in [5, 5.41) is 17.0. The molecule has 0 aliphatic carbocycles. The minimum Gasteiger partial charge on any atom is -0.464 e. The molecule has 0 radical (unpaired) electrons. The van der Waals surface area contributed by atoms with Gasteiger partial charge in [-0.05, 0) is 18.2 Å². The molecule has 4 aromatic rings. The molecule has 0 atom stereocenters. The van der Waals surface area contributed by atoms with E-state index in [1.807, 2.05) is 0 Å². The highest BCUT2D eigenvalue weighted by atomic mass is 32.2. The van der Waals surface area contributed by atoms with Crippen molar-refractivity contribution in [3.05, 3.63) is 54.0 Å². The SMILES string of the molecule is Nc1nc(-c2nn(Cc3ccccc3F)c3ncccc23)nc2c1N(S(=O)(=O)NC(=O)O)CCN2. The van der Waals surface area contributed by atoms with Gasteiger partial charge in [0.25, 0.3) is 0 Å². The summed E-state index contributed by atoms with van der Waals surface area (Å²) in [6.07, 6.45) is -0.159. The van der Waals surface area contributed by atoms with Crippen molar-refractivity contribution in [2.24, 2.45) is 0 Å². The molecule has 5 rings (SSSR count). The molecule has 35 heavy (non-hydrogen) atoms. The molecular weight excluding hydrogens is 481 g/mol. The molecule has 0 bridgehead atoms. The van der Waals surface area contributed by atoms with Crippen molar-refractivity contribution in [1.82, 2.24) is 29.5 Å². The van der Waals surface area contributed by atoms with Crippen LogP contribution in [0.1, 0.15) is 5.56 Å². The Hall–Kier alpha value is -4.53. The second-order valence-corrected chi connectivity index (χ2v) is 9.11. The number of carboxylic acid groups (broad SMARTS) is 1. The molecule has 0 saturated heterocycles. The van der Waals surface area contributed by atoms with Crippen molar-refractivity contribution in [2.45, 2.75) is 6.54 Å². The van der Waals surface area contributed by atoms with Crippen molar-refractivity contribution in [3.8, 4) is 11.5 Å². The molecule has 5 N–H and O–H groups in total. The van der Waals surface area contributed by atoms with Crippen LogP contribution in [-0.2, 0) is 16.8 Å². The molecule has 0 spiro atoms. The highest BCUT2D eigenvalue weighted by molar-refractivity contribution is 7.91. The normalized spacial score (nSPS) is 13.3. The third kappa shape index (κ3) is 4.01. The molecule has 3 aromatic heterocycles. The van der Waals surface area contributed by atoms with Gasteiger partial charge in [0.15, 0.2) is 23.1 Å². The molecule has 1 aliphatic heterocycles. The summed E-state index contributed by atoms with van der Waals surface area (Å²) in [6.45, 7) is 0.159. The summed E-state index contributed by atoms with van der Waals surface area (Å²) < 4.78 is 43.0. The molecule has 1 aliphatic rings. The number of benzene rings is 1. The van der Waals surface area contributed by atoms with Crippen molar-refractivity contribution in [1.29, 1.82) is 0 Å². The van der Waals surface area contributed by atoms with E-state index in [1.54, 1.807) is 36.5 Å². The number of pyridine rings is 1. The maximum absolute atomic E-state index is 14.3. The number of rotatable bonds is 5. The first-order valence-corrected chi connectivity index (χ1v) is 11.7. The van der Waals surface area contributed by atoms with E-state index in [2.05, 4.69) is 25.4 Å². The maximum atomic E-state index is 14.3. The minimum absolute atomic E-state index is 0.0815. The summed E-state index contributed by atoms with van der Waals surface area (Å²) in [5.74, 6) is -0.406. The lowest BCUT2D eigenvalue weighted by molar-refractivity contribution is 0.201. The molecular formula is C20H18FN9O4S. The van der Waals surface area contributed by atoms with E-state index in [0.717, 1.165) is 4.31 Å². The molecule has 1 aromatic carbocycles. The van der Waals surface area contributed by atoms with Crippen molar-refractivity contribution < 1.29 is 22.7 Å². The average molecular weight is 499 g/mol. The van der Waals surface area contributed by atoms with Gasteiger partial charge in [-0.1, -0.05) is 18.2 Å². The highest BCUT2D eigenvalue weighted by Gasteiger charge is 2.33. The van der Waals surface area contributed by atoms with Gasteiger partial charge in [-0.2, -0.15) is 13.5 Å². The Morgan fingerprint density at radius 2 is 2.03 bits per heavy atom. The van der Waals surface area contributed by atoms with Crippen LogP contribution in [0.5, 0.6) is 0 Å². The van der Waals surface area contributed by atoms with E-state index in [4.69, 9.17) is 10.8 Å². The Morgan fingerprint density at radius 1 is 1.23 bits per heavy atom. The van der Waals surface area contributed by atoms with Crippen LogP contribution in [0.4, 0.5) is 26.5 Å². The van der Waals surface area contributed by atoms with Crippen molar-refractivity contribution >= 4 is 44.7 Å². The monoisotopic (exact) mass is 499 g/mol. The Bertz CT molecular complexity index is 1570. The molecule has 0 fully saturated rings. The predicted octanol–water partition coefficient (Wildman–Crippen LogP) is 1.40. The number of nitrogens with one attached hydrogen (secondary N) is 2. The number of fused-ring (bicyclic) bond motifs is 2. The number of hydrogen-bond donors (Lipinski definition) is 4. The van der Waals surface area contributed by atoms with Gasteiger partial charge in [-0.15, -0.1) is 0 Å². The van der Waals surface area contributed by atoms with E-state index >= 15 is 0 Å². The lowest BCUT2D eigenvalue weighted by Crippen LogP contribution is -2.47. The fraction of sp³-hybridized carbons (Fsp3) is 0.150.